The van der Waals surface area contributed by atoms with Gasteiger partial charge in [-0.05, 0) is 12.8 Å². The van der Waals surface area contributed by atoms with E-state index in [0.717, 1.165) is 0 Å². The molecule has 0 unspecified atom stereocenters. The van der Waals surface area contributed by atoms with E-state index in [4.69, 9.17) is 0 Å². The van der Waals surface area contributed by atoms with Gasteiger partial charge >= 0.3 is 0 Å². The van der Waals surface area contributed by atoms with Gasteiger partial charge in [-0.2, -0.15) is 5.10 Å². The number of hydrogen-bond acceptors (Lipinski definition) is 1. The minimum atomic E-state index is 1.19. The summed E-state index contributed by atoms with van der Waals surface area (Å²) in [6.07, 6.45) is 5.69. The summed E-state index contributed by atoms with van der Waals surface area (Å²) in [6, 6.07) is 0. The first-order valence-corrected chi connectivity index (χ1v) is 4.17. The Bertz CT molecular complexity index is 148. The van der Waals surface area contributed by atoms with Crippen molar-refractivity contribution < 1.29 is 0 Å². The number of aryl methyl sites for hydroxylation is 1. The van der Waals surface area contributed by atoms with Crippen LogP contribution in [0.1, 0.15) is 25.1 Å². The van der Waals surface area contributed by atoms with Crippen molar-refractivity contribution in [3.05, 3.63) is 11.5 Å². The molecule has 0 amide bonds. The van der Waals surface area contributed by atoms with Crippen LogP contribution in [-0.2, 0) is 6.42 Å². The molecule has 0 saturated heterocycles. The molecular weight excluding hydrogens is 131 g/mol. The fraction of sp³-hybridized carbons (Fsp3) is 0.667. The van der Waals surface area contributed by atoms with Crippen molar-refractivity contribution in [3.63, 3.8) is 0 Å². The smallest absolute Gasteiger partial charge is 0.0567 e. The van der Waals surface area contributed by atoms with Gasteiger partial charge in [0.05, 0.1) is 6.20 Å². The first-order valence-electron chi connectivity index (χ1n) is 3.28. The molecule has 1 aromatic heterocycles. The zero-order valence-electron chi connectivity index (χ0n) is 5.59. The van der Waals surface area contributed by atoms with Gasteiger partial charge in [-0.15, -0.1) is 0 Å². The number of aromatic amines is 1. The van der Waals surface area contributed by atoms with E-state index in [1.54, 1.807) is 0 Å². The lowest BCUT2D eigenvalue weighted by molar-refractivity contribution is 0.803. The Balaban J connectivity index is 2.30. The van der Waals surface area contributed by atoms with E-state index in [1.165, 1.54) is 32.9 Å². The van der Waals surface area contributed by atoms with Crippen LogP contribution in [0.4, 0.5) is 0 Å². The molecule has 0 bridgehead atoms. The normalized spacial score (nSPS) is 10.8. The first kappa shape index (κ1) is 6.76. The van der Waals surface area contributed by atoms with E-state index in [9.17, 15) is 0 Å². The van der Waals surface area contributed by atoms with Gasteiger partial charge in [0.15, 0.2) is 0 Å². The van der Waals surface area contributed by atoms with Crippen LogP contribution in [-0.4, -0.2) is 9.96 Å². The lowest BCUT2D eigenvalue weighted by atomic mass is 10.2. The third-order valence-electron chi connectivity index (χ3n) is 1.25. The second-order valence-corrected chi connectivity index (χ2v) is 3.06. The Morgan fingerprint density at radius 1 is 1.78 bits per heavy atom. The third kappa shape index (κ3) is 2.15. The standard InChI is InChI=1S/C6H11N2P/c1-2-3-4-6-5-7-8-9-6/h5H,2-4H2,1H3,(H,7,8). The maximum Gasteiger partial charge on any atom is 0.0567 e. The van der Waals surface area contributed by atoms with E-state index < -0.39 is 0 Å². The van der Waals surface area contributed by atoms with Crippen molar-refractivity contribution in [2.24, 2.45) is 0 Å². The average Bonchev–Trinajstić information content (AvgIpc) is 2.34. The summed E-state index contributed by atoms with van der Waals surface area (Å²) < 4.78 is 0. The molecule has 0 fully saturated rings. The molecular formula is C6H11N2P. The highest BCUT2D eigenvalue weighted by Gasteiger charge is 1.90. The minimum absolute atomic E-state index is 1.19. The molecule has 2 nitrogen and oxygen atoms in total. The van der Waals surface area contributed by atoms with Gasteiger partial charge in [0, 0.05) is 13.6 Å². The summed E-state index contributed by atoms with van der Waals surface area (Å²) in [5.41, 5.74) is 0. The Morgan fingerprint density at radius 3 is 3.22 bits per heavy atom. The van der Waals surface area contributed by atoms with E-state index in [1.807, 2.05) is 6.20 Å². The molecule has 0 aliphatic rings. The van der Waals surface area contributed by atoms with Crippen LogP contribution < -0.4 is 0 Å². The van der Waals surface area contributed by atoms with Crippen LogP contribution >= 0.6 is 8.35 Å². The molecule has 9 heavy (non-hydrogen) atoms. The molecule has 0 saturated carbocycles. The average molecular weight is 142 g/mol. The maximum atomic E-state index is 3.89. The molecule has 0 radical (unpaired) electrons. The van der Waals surface area contributed by atoms with Crippen molar-refractivity contribution in [2.45, 2.75) is 26.2 Å². The Labute approximate surface area is 56.8 Å². The number of unbranched alkanes of at least 4 members (excludes halogenated alkanes) is 1. The fourth-order valence-corrected chi connectivity index (χ4v) is 1.33. The monoisotopic (exact) mass is 142 g/mol. The predicted molar refractivity (Wildman–Crippen MR) is 39.7 cm³/mol. The van der Waals surface area contributed by atoms with E-state index in [0.29, 0.717) is 0 Å². The molecule has 1 rings (SSSR count). The minimum Gasteiger partial charge on any atom is -0.260 e. The van der Waals surface area contributed by atoms with E-state index in [-0.39, 0.29) is 0 Å². The molecule has 3 heteroatoms. The number of aromatic nitrogens is 2. The van der Waals surface area contributed by atoms with Gasteiger partial charge in [0.2, 0.25) is 0 Å². The van der Waals surface area contributed by atoms with Crippen molar-refractivity contribution >= 4 is 8.35 Å². The molecule has 1 heterocycles. The molecule has 1 aromatic rings. The number of rotatable bonds is 3. The Kier molecular flexibility index (Phi) is 2.72. The SMILES string of the molecule is CCCCc1cn[nH]p1. The fourth-order valence-electron chi connectivity index (χ4n) is 0.704. The van der Waals surface area contributed by atoms with Gasteiger partial charge in [-0.1, -0.05) is 13.3 Å². The highest BCUT2D eigenvalue weighted by atomic mass is 31.0. The lowest BCUT2D eigenvalue weighted by Crippen LogP contribution is -1.75. The quantitative estimate of drug-likeness (QED) is 0.689. The van der Waals surface area contributed by atoms with Gasteiger partial charge in [0.25, 0.3) is 0 Å². The summed E-state index contributed by atoms with van der Waals surface area (Å²) in [5.74, 6) is 0. The third-order valence-corrected chi connectivity index (χ3v) is 2.09. The summed E-state index contributed by atoms with van der Waals surface area (Å²) in [5, 5.41) is 5.31. The van der Waals surface area contributed by atoms with E-state index >= 15 is 0 Å². The zero-order valence-corrected chi connectivity index (χ0v) is 6.49. The molecule has 0 atom stereocenters. The van der Waals surface area contributed by atoms with Crippen molar-refractivity contribution in [1.82, 2.24) is 9.96 Å². The van der Waals surface area contributed by atoms with Gasteiger partial charge in [-0.3, -0.25) is 4.86 Å². The molecule has 0 aromatic carbocycles. The van der Waals surface area contributed by atoms with Crippen LogP contribution in [0, 0.1) is 0 Å². The van der Waals surface area contributed by atoms with Crippen LogP contribution in [0.25, 0.3) is 0 Å². The molecule has 0 spiro atoms. The van der Waals surface area contributed by atoms with Gasteiger partial charge < -0.3 is 0 Å². The van der Waals surface area contributed by atoms with E-state index in [2.05, 4.69) is 16.9 Å². The molecule has 1 N–H and O–H groups in total. The largest absolute Gasteiger partial charge is 0.260 e. The van der Waals surface area contributed by atoms with Crippen molar-refractivity contribution in [3.8, 4) is 0 Å². The summed E-state index contributed by atoms with van der Waals surface area (Å²) >= 11 is 0. The summed E-state index contributed by atoms with van der Waals surface area (Å²) in [7, 11) is 1.19. The number of H-pyrrole nitrogens is 1. The number of hydrogen-bond donors (Lipinski definition) is 1. The second-order valence-electron chi connectivity index (χ2n) is 2.06. The van der Waals surface area contributed by atoms with Crippen LogP contribution in [0.3, 0.4) is 0 Å². The summed E-state index contributed by atoms with van der Waals surface area (Å²) in [4.78, 5) is 2.89. The van der Waals surface area contributed by atoms with Crippen molar-refractivity contribution in [2.75, 3.05) is 0 Å². The first-order chi connectivity index (χ1) is 4.43. The van der Waals surface area contributed by atoms with Crippen LogP contribution in [0.15, 0.2) is 6.20 Å². The predicted octanol–water partition coefficient (Wildman–Crippen LogP) is 2.33. The molecule has 0 aliphatic heterocycles. The highest BCUT2D eigenvalue weighted by Crippen LogP contribution is 2.10. The Morgan fingerprint density at radius 2 is 2.67 bits per heavy atom. The maximum absolute atomic E-state index is 3.89. The second kappa shape index (κ2) is 3.62. The molecule has 50 valence electrons. The summed E-state index contributed by atoms with van der Waals surface area (Å²) in [6.45, 7) is 2.21. The highest BCUT2D eigenvalue weighted by molar-refractivity contribution is 7.26. The molecule has 0 aliphatic carbocycles. The van der Waals surface area contributed by atoms with Gasteiger partial charge in [0.1, 0.15) is 0 Å². The van der Waals surface area contributed by atoms with Gasteiger partial charge in [-0.25, -0.2) is 0 Å². The Hall–Kier alpha value is -0.360. The zero-order chi connectivity index (χ0) is 6.53. The number of nitrogens with one attached hydrogen (secondary N) is 1. The lowest BCUT2D eigenvalue weighted by Gasteiger charge is -1.88. The van der Waals surface area contributed by atoms with Crippen LogP contribution in [0.2, 0.25) is 0 Å². The van der Waals surface area contributed by atoms with Crippen molar-refractivity contribution in [1.29, 1.82) is 0 Å². The topological polar surface area (TPSA) is 28.7 Å². The van der Waals surface area contributed by atoms with Crippen LogP contribution in [0.5, 0.6) is 0 Å². The number of nitrogens with zero attached hydrogens (tertiary/aromatic N) is 1.